The number of primary amides is 1. The molecule has 4 N–H and O–H groups in total. The van der Waals surface area contributed by atoms with Crippen LogP contribution in [0.15, 0.2) is 16.6 Å². The van der Waals surface area contributed by atoms with Crippen LogP contribution in [0, 0.1) is 5.82 Å². The van der Waals surface area contributed by atoms with Crippen molar-refractivity contribution in [3.63, 3.8) is 0 Å². The van der Waals surface area contributed by atoms with Gasteiger partial charge in [0.15, 0.2) is 0 Å². The summed E-state index contributed by atoms with van der Waals surface area (Å²) in [5.74, 6) is -1.59. The lowest BCUT2D eigenvalue weighted by Gasteiger charge is -2.14. The van der Waals surface area contributed by atoms with Gasteiger partial charge in [-0.15, -0.1) is 0 Å². The number of carbonyl (C=O) groups is 1. The predicted octanol–water partition coefficient (Wildman–Crippen LogP) is 1.11. The van der Waals surface area contributed by atoms with Gasteiger partial charge < -0.3 is 20.9 Å². The Bertz CT molecular complexity index is 443. The summed E-state index contributed by atoms with van der Waals surface area (Å²) < 4.78 is 18.8. The number of aliphatic hydroxyl groups is 1. The zero-order chi connectivity index (χ0) is 13.7. The Kier molecular flexibility index (Phi) is 5.52. The first-order valence-corrected chi connectivity index (χ1v) is 5.94. The first-order valence-electron chi connectivity index (χ1n) is 5.15. The molecule has 1 rings (SSSR count). The van der Waals surface area contributed by atoms with Crippen LogP contribution < -0.4 is 11.1 Å². The van der Waals surface area contributed by atoms with E-state index in [4.69, 9.17) is 10.5 Å². The summed E-state index contributed by atoms with van der Waals surface area (Å²) >= 11 is 3.11. The average molecular weight is 321 g/mol. The van der Waals surface area contributed by atoms with Gasteiger partial charge >= 0.3 is 0 Å². The number of amides is 1. The van der Waals surface area contributed by atoms with Crippen molar-refractivity contribution in [1.29, 1.82) is 0 Å². The normalized spacial score (nSPS) is 12.2. The van der Waals surface area contributed by atoms with Gasteiger partial charge in [0.25, 0.3) is 5.91 Å². The first-order chi connectivity index (χ1) is 8.45. The quantitative estimate of drug-likeness (QED) is 0.733. The summed E-state index contributed by atoms with van der Waals surface area (Å²) in [4.78, 5) is 11.2. The number of rotatable bonds is 6. The van der Waals surface area contributed by atoms with Crippen LogP contribution >= 0.6 is 15.9 Å². The van der Waals surface area contributed by atoms with Crippen LogP contribution in [0.2, 0.25) is 0 Å². The van der Waals surface area contributed by atoms with E-state index >= 15 is 0 Å². The van der Waals surface area contributed by atoms with Crippen LogP contribution in [0.3, 0.4) is 0 Å². The van der Waals surface area contributed by atoms with E-state index in [1.54, 1.807) is 0 Å². The minimum atomic E-state index is -0.872. The van der Waals surface area contributed by atoms with Crippen molar-refractivity contribution >= 4 is 27.5 Å². The van der Waals surface area contributed by atoms with E-state index in [9.17, 15) is 14.3 Å². The highest BCUT2D eigenvalue weighted by molar-refractivity contribution is 9.10. The monoisotopic (exact) mass is 320 g/mol. The maximum atomic E-state index is 13.6. The molecule has 0 aliphatic carbocycles. The van der Waals surface area contributed by atoms with Gasteiger partial charge in [0.2, 0.25) is 0 Å². The maximum absolute atomic E-state index is 13.6. The second kappa shape index (κ2) is 6.67. The van der Waals surface area contributed by atoms with E-state index in [0.29, 0.717) is 4.47 Å². The topological polar surface area (TPSA) is 84.6 Å². The van der Waals surface area contributed by atoms with E-state index in [1.165, 1.54) is 13.2 Å². The van der Waals surface area contributed by atoms with E-state index in [2.05, 4.69) is 21.2 Å². The molecule has 100 valence electrons. The zero-order valence-electron chi connectivity index (χ0n) is 9.74. The van der Waals surface area contributed by atoms with Crippen molar-refractivity contribution in [2.24, 2.45) is 5.73 Å². The lowest BCUT2D eigenvalue weighted by Crippen LogP contribution is -2.26. The second-order valence-electron chi connectivity index (χ2n) is 3.66. The maximum Gasteiger partial charge on any atom is 0.253 e. The fourth-order valence-electron chi connectivity index (χ4n) is 1.44. The number of hydrogen-bond donors (Lipinski definition) is 3. The molecule has 7 heteroatoms. The largest absolute Gasteiger partial charge is 0.389 e. The Morgan fingerprint density at radius 2 is 2.33 bits per heavy atom. The molecule has 18 heavy (non-hydrogen) atoms. The summed E-state index contributed by atoms with van der Waals surface area (Å²) in [6.45, 7) is 0.249. The van der Waals surface area contributed by atoms with E-state index < -0.39 is 17.8 Å². The Hall–Kier alpha value is -1.18. The molecule has 5 nitrogen and oxygen atoms in total. The minimum absolute atomic E-state index is 0.115. The van der Waals surface area contributed by atoms with Crippen LogP contribution in [0.1, 0.15) is 10.4 Å². The number of carbonyl (C=O) groups excluding carboxylic acids is 1. The van der Waals surface area contributed by atoms with Crippen LogP contribution in [0.25, 0.3) is 0 Å². The smallest absolute Gasteiger partial charge is 0.253 e. The Morgan fingerprint density at radius 3 is 2.89 bits per heavy atom. The first kappa shape index (κ1) is 14.9. The van der Waals surface area contributed by atoms with Gasteiger partial charge in [-0.3, -0.25) is 4.79 Å². The highest BCUT2D eigenvalue weighted by Crippen LogP contribution is 2.24. The number of nitrogens with one attached hydrogen (secondary N) is 1. The molecule has 0 spiro atoms. The lowest BCUT2D eigenvalue weighted by molar-refractivity contribution is 0.0727. The molecule has 0 saturated heterocycles. The molecule has 0 aliphatic rings. The summed E-state index contributed by atoms with van der Waals surface area (Å²) in [6, 6.07) is 2.67. The van der Waals surface area contributed by atoms with Gasteiger partial charge in [-0.05, 0) is 12.1 Å². The van der Waals surface area contributed by atoms with E-state index in [-0.39, 0.29) is 24.4 Å². The molecule has 1 amide bonds. The van der Waals surface area contributed by atoms with Crippen molar-refractivity contribution < 1.29 is 19.0 Å². The van der Waals surface area contributed by atoms with Gasteiger partial charge in [0, 0.05) is 18.1 Å². The molecule has 0 saturated carbocycles. The van der Waals surface area contributed by atoms with Crippen molar-refractivity contribution in [2.45, 2.75) is 6.10 Å². The Labute approximate surface area is 112 Å². The van der Waals surface area contributed by atoms with Crippen molar-refractivity contribution in [3.05, 3.63) is 28.0 Å². The molecular weight excluding hydrogens is 307 g/mol. The molecule has 1 unspecified atom stereocenters. The molecule has 1 atom stereocenters. The molecular formula is C11H14BrFN2O3. The summed E-state index contributed by atoms with van der Waals surface area (Å²) in [5.41, 5.74) is 5.10. The van der Waals surface area contributed by atoms with Crippen LogP contribution in [0.5, 0.6) is 0 Å². The summed E-state index contributed by atoms with van der Waals surface area (Å²) in [7, 11) is 1.46. The third kappa shape index (κ3) is 3.94. The number of ether oxygens (including phenoxy) is 1. The van der Waals surface area contributed by atoms with Gasteiger partial charge in [0.05, 0.1) is 24.0 Å². The second-order valence-corrected chi connectivity index (χ2v) is 4.58. The van der Waals surface area contributed by atoms with Gasteiger partial charge in [-0.25, -0.2) is 4.39 Å². The number of methoxy groups -OCH3 is 1. The molecule has 1 aromatic rings. The van der Waals surface area contributed by atoms with Crippen molar-refractivity contribution in [3.8, 4) is 0 Å². The number of hydrogen-bond acceptors (Lipinski definition) is 4. The van der Waals surface area contributed by atoms with Gasteiger partial charge in [-0.2, -0.15) is 0 Å². The zero-order valence-corrected chi connectivity index (χ0v) is 11.3. The SMILES string of the molecule is COCC(O)CNc1cc(Br)cc(F)c1C(N)=O. The number of halogens is 2. The molecule has 0 fully saturated rings. The minimum Gasteiger partial charge on any atom is -0.389 e. The third-order valence-corrected chi connectivity index (χ3v) is 2.65. The highest BCUT2D eigenvalue weighted by atomic mass is 79.9. The molecule has 0 heterocycles. The number of benzene rings is 1. The van der Waals surface area contributed by atoms with Crippen molar-refractivity contribution in [1.82, 2.24) is 0 Å². The Balaban J connectivity index is 2.90. The number of nitrogens with two attached hydrogens (primary N) is 1. The van der Waals surface area contributed by atoms with Crippen LogP contribution in [-0.4, -0.2) is 37.4 Å². The molecule has 0 bridgehead atoms. The van der Waals surface area contributed by atoms with Gasteiger partial charge in [-0.1, -0.05) is 15.9 Å². The highest BCUT2D eigenvalue weighted by Gasteiger charge is 2.16. The molecule has 0 aliphatic heterocycles. The van der Waals surface area contributed by atoms with E-state index in [1.807, 2.05) is 0 Å². The summed E-state index contributed by atoms with van der Waals surface area (Å²) in [5, 5.41) is 12.2. The molecule has 0 radical (unpaired) electrons. The van der Waals surface area contributed by atoms with Gasteiger partial charge in [0.1, 0.15) is 5.82 Å². The molecule has 1 aromatic carbocycles. The third-order valence-electron chi connectivity index (χ3n) is 2.19. The number of aliphatic hydroxyl groups excluding tert-OH is 1. The van der Waals surface area contributed by atoms with Crippen molar-refractivity contribution in [2.75, 3.05) is 25.6 Å². The molecule has 0 aromatic heterocycles. The number of anilines is 1. The predicted molar refractivity (Wildman–Crippen MR) is 69.0 cm³/mol. The lowest BCUT2D eigenvalue weighted by atomic mass is 10.1. The fraction of sp³-hybridized carbons (Fsp3) is 0.364. The fourth-order valence-corrected chi connectivity index (χ4v) is 1.87. The standard InChI is InChI=1S/C11H14BrFN2O3/c1-18-5-7(16)4-15-9-3-6(12)2-8(13)10(9)11(14)17/h2-3,7,15-16H,4-5H2,1H3,(H2,14,17). The van der Waals surface area contributed by atoms with Crippen LogP contribution in [0.4, 0.5) is 10.1 Å². The summed E-state index contributed by atoms with van der Waals surface area (Å²) in [6.07, 6.45) is -0.766. The van der Waals surface area contributed by atoms with Crippen LogP contribution in [-0.2, 0) is 4.74 Å². The Morgan fingerprint density at radius 1 is 1.67 bits per heavy atom. The van der Waals surface area contributed by atoms with E-state index in [0.717, 1.165) is 6.07 Å². The average Bonchev–Trinajstić information content (AvgIpc) is 2.25.